The number of hydrogen-bond acceptors (Lipinski definition) is 5. The second kappa shape index (κ2) is 9.31. The fourth-order valence-corrected chi connectivity index (χ4v) is 2.38. The molecule has 0 aliphatic heterocycles. The lowest BCUT2D eigenvalue weighted by Crippen LogP contribution is -2.33. The largest absolute Gasteiger partial charge is 0.469 e. The Morgan fingerprint density at radius 3 is 2.62 bits per heavy atom. The molecule has 0 atom stereocenters. The lowest BCUT2D eigenvalue weighted by atomic mass is 10.1. The van der Waals surface area contributed by atoms with Gasteiger partial charge in [0.1, 0.15) is 0 Å². The maximum absolute atomic E-state index is 12.9. The van der Waals surface area contributed by atoms with Crippen molar-refractivity contribution in [3.05, 3.63) is 59.9 Å². The van der Waals surface area contributed by atoms with E-state index in [0.29, 0.717) is 16.9 Å². The first-order valence-corrected chi connectivity index (χ1v) is 8.13. The van der Waals surface area contributed by atoms with Gasteiger partial charge in [-0.1, -0.05) is 12.1 Å². The summed E-state index contributed by atoms with van der Waals surface area (Å²) >= 11 is 0. The number of anilines is 1. The zero-order valence-corrected chi connectivity index (χ0v) is 14.8. The predicted molar refractivity (Wildman–Crippen MR) is 96.4 cm³/mol. The number of hydrogen-bond donors (Lipinski definition) is 1. The van der Waals surface area contributed by atoms with Gasteiger partial charge in [0, 0.05) is 30.9 Å². The van der Waals surface area contributed by atoms with Crippen molar-refractivity contribution < 1.29 is 19.1 Å². The van der Waals surface area contributed by atoms with E-state index in [2.05, 4.69) is 15.0 Å². The first kappa shape index (κ1) is 19.1. The molecule has 1 heterocycles. The molecule has 1 aromatic carbocycles. The van der Waals surface area contributed by atoms with E-state index in [1.807, 2.05) is 12.1 Å². The molecule has 0 spiro atoms. The number of methoxy groups -OCH3 is 1. The van der Waals surface area contributed by atoms with Gasteiger partial charge < -0.3 is 15.0 Å². The van der Waals surface area contributed by atoms with Gasteiger partial charge in [-0.3, -0.25) is 19.4 Å². The van der Waals surface area contributed by atoms with E-state index >= 15 is 0 Å². The van der Waals surface area contributed by atoms with Gasteiger partial charge in [-0.15, -0.1) is 0 Å². The number of amides is 2. The number of pyridine rings is 1. The molecule has 0 unspecified atom stereocenters. The maximum Gasteiger partial charge on any atom is 0.307 e. The van der Waals surface area contributed by atoms with Gasteiger partial charge in [-0.25, -0.2) is 0 Å². The van der Waals surface area contributed by atoms with Crippen LogP contribution >= 0.6 is 0 Å². The van der Waals surface area contributed by atoms with Crippen LogP contribution in [0.25, 0.3) is 0 Å². The van der Waals surface area contributed by atoms with Crippen LogP contribution in [0.5, 0.6) is 0 Å². The lowest BCUT2D eigenvalue weighted by Gasteiger charge is -2.22. The van der Waals surface area contributed by atoms with Crippen molar-refractivity contribution in [2.24, 2.45) is 0 Å². The molecule has 2 amide bonds. The topological polar surface area (TPSA) is 88.6 Å². The first-order valence-electron chi connectivity index (χ1n) is 8.13. The van der Waals surface area contributed by atoms with Crippen LogP contribution in [0.4, 0.5) is 5.69 Å². The van der Waals surface area contributed by atoms with Crippen molar-refractivity contribution in [2.75, 3.05) is 19.0 Å². The molecule has 7 heteroatoms. The molecule has 2 rings (SSSR count). The number of carbonyl (C=O) groups is 3. The number of carbonyl (C=O) groups excluding carboxylic acids is 3. The molecule has 0 fully saturated rings. The van der Waals surface area contributed by atoms with Crippen molar-refractivity contribution in [2.45, 2.75) is 19.9 Å². The normalized spacial score (nSPS) is 10.1. The number of ether oxygens (including phenoxy) is 1. The smallest absolute Gasteiger partial charge is 0.307 e. The first-order chi connectivity index (χ1) is 12.5. The molecule has 0 bridgehead atoms. The van der Waals surface area contributed by atoms with Gasteiger partial charge in [0.2, 0.25) is 5.91 Å². The van der Waals surface area contributed by atoms with E-state index in [-0.39, 0.29) is 31.3 Å². The molecule has 7 nitrogen and oxygen atoms in total. The molecule has 2 aromatic rings. The number of benzene rings is 1. The van der Waals surface area contributed by atoms with Crippen LogP contribution in [0.15, 0.2) is 48.7 Å². The second-order valence-corrected chi connectivity index (χ2v) is 5.64. The summed E-state index contributed by atoms with van der Waals surface area (Å²) in [5, 5.41) is 2.65. The van der Waals surface area contributed by atoms with Crippen molar-refractivity contribution in [3.8, 4) is 0 Å². The summed E-state index contributed by atoms with van der Waals surface area (Å²) in [4.78, 5) is 41.4. The van der Waals surface area contributed by atoms with Crippen molar-refractivity contribution in [1.82, 2.24) is 9.88 Å². The minimum Gasteiger partial charge on any atom is -0.469 e. The van der Waals surface area contributed by atoms with Crippen molar-refractivity contribution >= 4 is 23.5 Å². The average molecular weight is 355 g/mol. The quantitative estimate of drug-likeness (QED) is 0.770. The Morgan fingerprint density at radius 1 is 1.15 bits per heavy atom. The summed E-state index contributed by atoms with van der Waals surface area (Å²) in [6, 6.07) is 12.1. The Morgan fingerprint density at radius 2 is 1.96 bits per heavy atom. The zero-order valence-electron chi connectivity index (χ0n) is 14.8. The molecule has 0 radical (unpaired) electrons. The van der Waals surface area contributed by atoms with Gasteiger partial charge in [-0.05, 0) is 30.3 Å². The average Bonchev–Trinajstić information content (AvgIpc) is 2.64. The fraction of sp³-hybridized carbons (Fsp3) is 0.263. The van der Waals surface area contributed by atoms with E-state index in [9.17, 15) is 14.4 Å². The number of nitrogens with one attached hydrogen (secondary N) is 1. The highest BCUT2D eigenvalue weighted by atomic mass is 16.5. The van der Waals surface area contributed by atoms with E-state index < -0.39 is 5.97 Å². The molecule has 0 saturated carbocycles. The third-order valence-electron chi connectivity index (χ3n) is 3.61. The van der Waals surface area contributed by atoms with Crippen LogP contribution in [0, 0.1) is 0 Å². The molecule has 0 saturated heterocycles. The highest BCUT2D eigenvalue weighted by molar-refractivity contribution is 5.97. The molecule has 0 aliphatic carbocycles. The molecule has 26 heavy (non-hydrogen) atoms. The Bertz CT molecular complexity index is 777. The zero-order chi connectivity index (χ0) is 18.9. The lowest BCUT2D eigenvalue weighted by molar-refractivity contribution is -0.140. The molecular formula is C19H21N3O4. The van der Waals surface area contributed by atoms with Gasteiger partial charge in [0.15, 0.2) is 0 Å². The number of esters is 1. The van der Waals surface area contributed by atoms with Crippen molar-refractivity contribution in [1.29, 1.82) is 0 Å². The molecule has 136 valence electrons. The summed E-state index contributed by atoms with van der Waals surface area (Å²) < 4.78 is 4.66. The predicted octanol–water partition coefficient (Wildman–Crippen LogP) is 2.25. The fourth-order valence-electron chi connectivity index (χ4n) is 2.38. The summed E-state index contributed by atoms with van der Waals surface area (Å²) in [5.41, 5.74) is 1.66. The van der Waals surface area contributed by atoms with E-state index in [4.69, 9.17) is 0 Å². The number of aromatic nitrogens is 1. The van der Waals surface area contributed by atoms with Crippen LogP contribution < -0.4 is 5.32 Å². The molecular weight excluding hydrogens is 334 g/mol. The SMILES string of the molecule is COC(=O)CCN(Cc1ccccn1)C(=O)c1cccc(NC(C)=O)c1. The highest BCUT2D eigenvalue weighted by Gasteiger charge is 2.18. The van der Waals surface area contributed by atoms with E-state index in [1.165, 1.54) is 18.9 Å². The standard InChI is InChI=1S/C19H21N3O4/c1-14(23)21-16-8-5-6-15(12-16)19(25)22(11-9-18(24)26-2)13-17-7-3-4-10-20-17/h3-8,10,12H,9,11,13H2,1-2H3,(H,21,23). The van der Waals surface area contributed by atoms with Gasteiger partial charge in [-0.2, -0.15) is 0 Å². The Labute approximate surface area is 152 Å². The Balaban J connectivity index is 2.21. The third kappa shape index (κ3) is 5.70. The van der Waals surface area contributed by atoms with Gasteiger partial charge in [0.05, 0.1) is 25.8 Å². The van der Waals surface area contributed by atoms with Crippen LogP contribution in [-0.4, -0.2) is 41.3 Å². The molecule has 0 aliphatic rings. The van der Waals surface area contributed by atoms with Crippen LogP contribution in [0.3, 0.4) is 0 Å². The molecule has 1 aromatic heterocycles. The third-order valence-corrected chi connectivity index (χ3v) is 3.61. The highest BCUT2D eigenvalue weighted by Crippen LogP contribution is 2.15. The minimum absolute atomic E-state index is 0.0838. The van der Waals surface area contributed by atoms with E-state index in [0.717, 1.165) is 0 Å². The summed E-state index contributed by atoms with van der Waals surface area (Å²) in [6.45, 7) is 1.87. The number of rotatable bonds is 7. The van der Waals surface area contributed by atoms with Crippen molar-refractivity contribution in [3.63, 3.8) is 0 Å². The maximum atomic E-state index is 12.9. The second-order valence-electron chi connectivity index (χ2n) is 5.64. The summed E-state index contributed by atoms with van der Waals surface area (Å²) in [7, 11) is 1.31. The van der Waals surface area contributed by atoms with Gasteiger partial charge >= 0.3 is 5.97 Å². The molecule has 1 N–H and O–H groups in total. The van der Waals surface area contributed by atoms with Crippen LogP contribution in [-0.2, 0) is 20.9 Å². The monoisotopic (exact) mass is 355 g/mol. The Hall–Kier alpha value is -3.22. The minimum atomic E-state index is -0.393. The van der Waals surface area contributed by atoms with Crippen LogP contribution in [0.1, 0.15) is 29.4 Å². The summed E-state index contributed by atoms with van der Waals surface area (Å²) in [5.74, 6) is -0.867. The number of nitrogens with zero attached hydrogens (tertiary/aromatic N) is 2. The van der Waals surface area contributed by atoms with E-state index in [1.54, 1.807) is 36.5 Å². The van der Waals surface area contributed by atoms with Crippen LogP contribution in [0.2, 0.25) is 0 Å². The summed E-state index contributed by atoms with van der Waals surface area (Å²) in [6.07, 6.45) is 1.73. The van der Waals surface area contributed by atoms with Gasteiger partial charge in [0.25, 0.3) is 5.91 Å². The Kier molecular flexibility index (Phi) is 6.84.